The lowest BCUT2D eigenvalue weighted by molar-refractivity contribution is -0.287. The van der Waals surface area contributed by atoms with Crippen LogP contribution in [0.1, 0.15) is 88.1 Å². The van der Waals surface area contributed by atoms with Gasteiger partial charge in [0.15, 0.2) is 5.78 Å². The molecule has 2 aromatic rings. The van der Waals surface area contributed by atoms with E-state index in [2.05, 4.69) is 10.4 Å². The number of halogens is 3. The molecule has 2 fully saturated rings. The highest BCUT2D eigenvalue weighted by atomic mass is 19.3. The number of benzene rings is 1. The van der Waals surface area contributed by atoms with Gasteiger partial charge in [-0.3, -0.25) is 14.3 Å². The number of ether oxygens (including phenoxy) is 1. The lowest BCUT2D eigenvalue weighted by Crippen LogP contribution is -2.45. The average Bonchev–Trinajstić information content (AvgIpc) is 3.46. The molecule has 9 nitrogen and oxygen atoms in total. The Morgan fingerprint density at radius 2 is 1.90 bits per heavy atom. The van der Waals surface area contributed by atoms with Crippen LogP contribution in [0.2, 0.25) is 0 Å². The van der Waals surface area contributed by atoms with Gasteiger partial charge in [0.25, 0.3) is 5.92 Å². The second kappa shape index (κ2) is 11.9. The number of carbonyl (C=O) groups is 2. The summed E-state index contributed by atoms with van der Waals surface area (Å²) in [4.78, 5) is 23.3. The van der Waals surface area contributed by atoms with E-state index in [9.17, 15) is 22.8 Å². The monoisotopic (exact) mass is 578 g/mol. The third-order valence-electron chi connectivity index (χ3n) is 7.67. The summed E-state index contributed by atoms with van der Waals surface area (Å²) in [5.74, 6) is -3.16. The van der Waals surface area contributed by atoms with Crippen molar-refractivity contribution in [3.63, 3.8) is 0 Å². The van der Waals surface area contributed by atoms with Gasteiger partial charge in [-0.05, 0) is 68.9 Å². The molecule has 2 saturated carbocycles. The number of Topliss-reactive ketones (excluding diaryl/α,β-unsaturated/α-hetero) is 1. The van der Waals surface area contributed by atoms with Gasteiger partial charge in [-0.25, -0.2) is 10.1 Å². The van der Waals surface area contributed by atoms with Crippen LogP contribution in [0.5, 0.6) is 5.75 Å². The van der Waals surface area contributed by atoms with E-state index in [1.807, 2.05) is 6.07 Å². The summed E-state index contributed by atoms with van der Waals surface area (Å²) < 4.78 is 45.8. The Morgan fingerprint density at radius 1 is 1.20 bits per heavy atom. The van der Waals surface area contributed by atoms with E-state index in [-0.39, 0.29) is 59.8 Å². The number of alkyl halides is 2. The van der Waals surface area contributed by atoms with Crippen molar-refractivity contribution < 1.29 is 37.7 Å². The Kier molecular flexibility index (Phi) is 8.95. The molecule has 3 unspecified atom stereocenters. The first-order chi connectivity index (χ1) is 19.1. The molecule has 0 saturated heterocycles. The fraction of sp³-hybridized carbons (Fsp3) is 0.552. The number of carbonyl (C=O) groups excluding carboxylic acids is 2. The van der Waals surface area contributed by atoms with E-state index in [1.165, 1.54) is 13.0 Å². The topological polar surface area (TPSA) is 140 Å². The third-order valence-corrected chi connectivity index (χ3v) is 7.67. The Bertz CT molecular complexity index is 1310. The number of rotatable bonds is 9. The minimum atomic E-state index is -2.95. The first kappa shape index (κ1) is 30.7. The van der Waals surface area contributed by atoms with Crippen LogP contribution in [-0.2, 0) is 22.1 Å². The molecule has 12 heteroatoms. The maximum absolute atomic E-state index is 13.3. The quantitative estimate of drug-likeness (QED) is 0.329. The number of hydrogen-bond acceptors (Lipinski definition) is 7. The van der Waals surface area contributed by atoms with Gasteiger partial charge in [-0.15, -0.1) is 0 Å². The van der Waals surface area contributed by atoms with Gasteiger partial charge in [0.05, 0.1) is 18.2 Å². The number of nitrogens with zero attached hydrogens (tertiary/aromatic N) is 2. The standard InChI is InChI=1S/C18H23FN2O4.C11H14F2N2O/c1-10-14(9-15(10)19)17(22)21-16-7-3-6-13(16)11-4-2-5-12(8-11)25-18(20,23)24;1-7(16)6-15-10(11(2,12)13)5-9(14-15)8-3-4-8/h2,4-5,8,13-14,16,23-24H,3,6-7,9,20H2,1H3,(H,21,22);5,8H,3-4,6H2,1-2H3. The van der Waals surface area contributed by atoms with Crippen molar-refractivity contribution in [2.75, 3.05) is 0 Å². The van der Waals surface area contributed by atoms with E-state index in [0.717, 1.165) is 49.3 Å². The predicted molar refractivity (Wildman–Crippen MR) is 143 cm³/mol. The summed E-state index contributed by atoms with van der Waals surface area (Å²) in [6.45, 7) is 3.78. The number of allylic oxidation sites excluding steroid dienone is 1. The van der Waals surface area contributed by atoms with E-state index >= 15 is 0 Å². The van der Waals surface area contributed by atoms with E-state index in [4.69, 9.17) is 20.7 Å². The minimum Gasteiger partial charge on any atom is -0.427 e. The van der Waals surface area contributed by atoms with Crippen LogP contribution in [0.15, 0.2) is 41.7 Å². The number of amides is 1. The Hall–Kier alpha value is -3.22. The molecule has 3 aliphatic carbocycles. The molecule has 0 spiro atoms. The van der Waals surface area contributed by atoms with Crippen molar-refractivity contribution in [1.29, 1.82) is 0 Å². The summed E-state index contributed by atoms with van der Waals surface area (Å²) in [5.41, 5.74) is 7.02. The SMILES string of the molecule is CC(=O)Cn1nc(C2CC2)cc1C(C)(F)F.CC1=C(F)CC1C(=O)NC1CCCC1c1cccc(OC(N)(O)O)c1. The molecule has 224 valence electrons. The fourth-order valence-electron chi connectivity index (χ4n) is 5.34. The lowest BCUT2D eigenvalue weighted by atomic mass is 9.83. The molecule has 1 heterocycles. The highest BCUT2D eigenvalue weighted by Crippen LogP contribution is 2.41. The molecular weight excluding hydrogens is 541 g/mol. The molecule has 41 heavy (non-hydrogen) atoms. The molecule has 3 aliphatic rings. The minimum absolute atomic E-state index is 0.0369. The molecule has 0 radical (unpaired) electrons. The second-order valence-electron chi connectivity index (χ2n) is 11.3. The third kappa shape index (κ3) is 7.96. The van der Waals surface area contributed by atoms with Crippen LogP contribution in [0, 0.1) is 5.92 Å². The van der Waals surface area contributed by atoms with Crippen LogP contribution in [0.25, 0.3) is 0 Å². The van der Waals surface area contributed by atoms with E-state index < -0.39 is 12.0 Å². The molecular formula is C29H37F3N4O5. The average molecular weight is 579 g/mol. The van der Waals surface area contributed by atoms with Crippen molar-refractivity contribution >= 4 is 11.7 Å². The molecule has 1 aromatic carbocycles. The van der Waals surface area contributed by atoms with Gasteiger partial charge in [-0.1, -0.05) is 18.6 Å². The van der Waals surface area contributed by atoms with Crippen molar-refractivity contribution in [2.45, 2.75) is 95.7 Å². The zero-order valence-electron chi connectivity index (χ0n) is 23.4. The maximum Gasteiger partial charge on any atom is 0.389 e. The molecule has 1 amide bonds. The fourth-order valence-corrected chi connectivity index (χ4v) is 5.34. The number of hydrogen-bond donors (Lipinski definition) is 4. The molecule has 1 aromatic heterocycles. The van der Waals surface area contributed by atoms with E-state index in [0.29, 0.717) is 17.2 Å². The summed E-state index contributed by atoms with van der Waals surface area (Å²) in [5, 5.41) is 25.5. The van der Waals surface area contributed by atoms with Crippen molar-refractivity contribution in [3.05, 3.63) is 58.7 Å². The van der Waals surface area contributed by atoms with Crippen molar-refractivity contribution in [1.82, 2.24) is 15.1 Å². The molecule has 5 rings (SSSR count). The number of ketones is 1. The van der Waals surface area contributed by atoms with Gasteiger partial charge < -0.3 is 20.3 Å². The van der Waals surface area contributed by atoms with Gasteiger partial charge in [-0.2, -0.15) is 13.9 Å². The van der Waals surface area contributed by atoms with Crippen LogP contribution < -0.4 is 15.8 Å². The van der Waals surface area contributed by atoms with Gasteiger partial charge in [0, 0.05) is 31.2 Å². The summed E-state index contributed by atoms with van der Waals surface area (Å²) in [7, 11) is 0. The van der Waals surface area contributed by atoms with Gasteiger partial charge >= 0.3 is 6.10 Å². The Balaban J connectivity index is 0.000000208. The van der Waals surface area contributed by atoms with Crippen LogP contribution >= 0.6 is 0 Å². The second-order valence-corrected chi connectivity index (χ2v) is 11.3. The van der Waals surface area contributed by atoms with Crippen LogP contribution in [0.3, 0.4) is 0 Å². The Labute approximate surface area is 236 Å². The van der Waals surface area contributed by atoms with E-state index in [1.54, 1.807) is 25.1 Å². The summed E-state index contributed by atoms with van der Waals surface area (Å²) in [6, 6.07) is 8.30. The van der Waals surface area contributed by atoms with Crippen molar-refractivity contribution in [3.8, 4) is 5.75 Å². The molecule has 0 aliphatic heterocycles. The summed E-state index contributed by atoms with van der Waals surface area (Å²) >= 11 is 0. The number of nitrogens with two attached hydrogens (primary N) is 1. The first-order valence-electron chi connectivity index (χ1n) is 13.8. The zero-order valence-corrected chi connectivity index (χ0v) is 23.4. The van der Waals surface area contributed by atoms with Crippen LogP contribution in [-0.4, -0.2) is 43.8 Å². The molecule has 0 bridgehead atoms. The van der Waals surface area contributed by atoms with Crippen LogP contribution in [0.4, 0.5) is 13.2 Å². The van der Waals surface area contributed by atoms with Crippen molar-refractivity contribution in [2.24, 2.45) is 11.7 Å². The largest absolute Gasteiger partial charge is 0.427 e. The highest BCUT2D eigenvalue weighted by molar-refractivity contribution is 5.84. The number of aliphatic hydroxyl groups is 2. The first-order valence-corrected chi connectivity index (χ1v) is 13.8. The molecule has 3 atom stereocenters. The highest BCUT2D eigenvalue weighted by Gasteiger charge is 2.37. The summed E-state index contributed by atoms with van der Waals surface area (Å²) in [6.07, 6.45) is 2.17. The lowest BCUT2D eigenvalue weighted by Gasteiger charge is -2.29. The smallest absolute Gasteiger partial charge is 0.389 e. The normalized spacial score (nSPS) is 22.5. The molecule has 5 N–H and O–H groups in total. The number of aromatic nitrogens is 2. The van der Waals surface area contributed by atoms with Gasteiger partial charge in [0.1, 0.15) is 17.3 Å². The zero-order chi connectivity index (χ0) is 30.1. The maximum atomic E-state index is 13.3. The Morgan fingerprint density at radius 3 is 2.46 bits per heavy atom. The number of nitrogens with one attached hydrogen (secondary N) is 1. The van der Waals surface area contributed by atoms with Gasteiger partial charge in [0.2, 0.25) is 5.91 Å². The predicted octanol–water partition coefficient (Wildman–Crippen LogP) is 4.10.